The molecule has 3 nitrogen and oxygen atoms in total. The minimum atomic E-state index is -0.0239. The van der Waals surface area contributed by atoms with Crippen molar-refractivity contribution in [2.45, 2.75) is 29.4 Å². The van der Waals surface area contributed by atoms with Crippen molar-refractivity contribution >= 4 is 46.0 Å². The molecular weight excluding hydrogens is 407 g/mol. The highest BCUT2D eigenvalue weighted by molar-refractivity contribution is 14.1. The summed E-state index contributed by atoms with van der Waals surface area (Å²) >= 11 is 9.67. The van der Waals surface area contributed by atoms with Crippen LogP contribution in [0.4, 0.5) is 0 Å². The second-order valence-electron chi connectivity index (χ2n) is 4.73. The van der Waals surface area contributed by atoms with E-state index in [9.17, 15) is 4.79 Å². The molecule has 1 fully saturated rings. The normalized spacial score (nSPS) is 14.5. The molecule has 104 valence electrons. The van der Waals surface area contributed by atoms with E-state index in [1.54, 1.807) is 11.8 Å². The summed E-state index contributed by atoms with van der Waals surface area (Å²) in [4.78, 5) is 20.5. The van der Waals surface area contributed by atoms with Crippen molar-refractivity contribution in [3.05, 3.63) is 54.7 Å². The third-order valence-electron chi connectivity index (χ3n) is 3.07. The van der Waals surface area contributed by atoms with Gasteiger partial charge in [0.2, 0.25) is 0 Å². The molecule has 1 saturated carbocycles. The zero-order valence-corrected chi connectivity index (χ0v) is 14.3. The van der Waals surface area contributed by atoms with E-state index in [4.69, 9.17) is 11.6 Å². The first kappa shape index (κ1) is 14.4. The Labute approximate surface area is 139 Å². The third kappa shape index (κ3) is 3.38. The van der Waals surface area contributed by atoms with Gasteiger partial charge < -0.3 is 4.98 Å². The maximum absolute atomic E-state index is 11.9. The quantitative estimate of drug-likeness (QED) is 0.598. The van der Waals surface area contributed by atoms with E-state index in [0.29, 0.717) is 11.7 Å². The van der Waals surface area contributed by atoms with E-state index in [1.165, 1.54) is 0 Å². The average Bonchev–Trinajstić information content (AvgIpc) is 3.24. The number of aromatic nitrogens is 2. The highest BCUT2D eigenvalue weighted by Crippen LogP contribution is 2.40. The molecule has 1 heterocycles. The summed E-state index contributed by atoms with van der Waals surface area (Å²) in [6.07, 6.45) is 2.29. The molecule has 0 spiro atoms. The maximum Gasteiger partial charge on any atom is 0.264 e. The largest absolute Gasteiger partial charge is 0.309 e. The topological polar surface area (TPSA) is 45.8 Å². The minimum absolute atomic E-state index is 0.0239. The van der Waals surface area contributed by atoms with Crippen molar-refractivity contribution in [2.75, 3.05) is 0 Å². The van der Waals surface area contributed by atoms with Gasteiger partial charge in [0, 0.05) is 15.8 Å². The third-order valence-corrected chi connectivity index (χ3v) is 5.36. The van der Waals surface area contributed by atoms with Crippen LogP contribution in [0.1, 0.15) is 30.3 Å². The summed E-state index contributed by atoms with van der Waals surface area (Å²) in [6, 6.07) is 7.69. The van der Waals surface area contributed by atoms with E-state index in [1.807, 2.05) is 24.3 Å². The van der Waals surface area contributed by atoms with Crippen LogP contribution in [-0.4, -0.2) is 9.97 Å². The van der Waals surface area contributed by atoms with Crippen molar-refractivity contribution in [3.63, 3.8) is 0 Å². The number of thioether (sulfide) groups is 1. The predicted octanol–water partition coefficient (Wildman–Crippen LogP) is 4.20. The van der Waals surface area contributed by atoms with Crippen LogP contribution in [0.15, 0.2) is 34.0 Å². The number of halogens is 2. The lowest BCUT2D eigenvalue weighted by Gasteiger charge is -2.06. The molecular formula is C14H12ClIN2OS. The smallest absolute Gasteiger partial charge is 0.264 e. The van der Waals surface area contributed by atoms with Crippen LogP contribution < -0.4 is 5.56 Å². The highest BCUT2D eigenvalue weighted by Gasteiger charge is 2.28. The lowest BCUT2D eigenvalue weighted by Crippen LogP contribution is -2.17. The molecule has 3 rings (SSSR count). The second kappa shape index (κ2) is 6.07. The van der Waals surface area contributed by atoms with Crippen LogP contribution in [0, 0.1) is 3.57 Å². The fourth-order valence-electron chi connectivity index (χ4n) is 1.93. The molecule has 6 heteroatoms. The summed E-state index contributed by atoms with van der Waals surface area (Å²) < 4.78 is 0.738. The van der Waals surface area contributed by atoms with Gasteiger partial charge in [-0.1, -0.05) is 17.7 Å². The molecule has 1 aliphatic carbocycles. The number of benzene rings is 1. The first-order valence-corrected chi connectivity index (χ1v) is 8.74. The van der Waals surface area contributed by atoms with Crippen molar-refractivity contribution in [2.24, 2.45) is 0 Å². The number of hydrogen-bond donors (Lipinski definition) is 1. The number of nitrogens with one attached hydrogen (secondary N) is 1. The summed E-state index contributed by atoms with van der Waals surface area (Å²) in [5.74, 6) is 1.87. The zero-order valence-electron chi connectivity index (χ0n) is 10.5. The Morgan fingerprint density at radius 2 is 2.25 bits per heavy atom. The molecule has 0 bridgehead atoms. The predicted molar refractivity (Wildman–Crippen MR) is 90.6 cm³/mol. The van der Waals surface area contributed by atoms with Crippen molar-refractivity contribution in [1.29, 1.82) is 0 Å². The minimum Gasteiger partial charge on any atom is -0.309 e. The van der Waals surface area contributed by atoms with Gasteiger partial charge in [0.1, 0.15) is 5.82 Å². The Hall–Kier alpha value is -0.530. The molecule has 1 aromatic heterocycles. The molecule has 0 radical (unpaired) electrons. The number of H-pyrrole nitrogens is 1. The number of aromatic amines is 1. The van der Waals surface area contributed by atoms with Gasteiger partial charge in [-0.2, -0.15) is 0 Å². The van der Waals surface area contributed by atoms with Crippen LogP contribution in [0.5, 0.6) is 0 Å². The lowest BCUT2D eigenvalue weighted by atomic mass is 10.3. The zero-order chi connectivity index (χ0) is 14.1. The van der Waals surface area contributed by atoms with Gasteiger partial charge in [-0.05, 0) is 53.6 Å². The molecule has 0 unspecified atom stereocenters. The van der Waals surface area contributed by atoms with Crippen LogP contribution in [0.3, 0.4) is 0 Å². The number of hydrogen-bond acceptors (Lipinski definition) is 3. The fraction of sp³-hybridized carbons (Fsp3) is 0.286. The van der Waals surface area contributed by atoms with Gasteiger partial charge in [-0.15, -0.1) is 11.8 Å². The first-order chi connectivity index (χ1) is 9.63. The Kier molecular flexibility index (Phi) is 4.37. The monoisotopic (exact) mass is 418 g/mol. The maximum atomic E-state index is 11.9. The Bertz CT molecular complexity index is 700. The van der Waals surface area contributed by atoms with Crippen LogP contribution in [0.25, 0.3) is 0 Å². The molecule has 1 aromatic carbocycles. The lowest BCUT2D eigenvalue weighted by molar-refractivity contribution is 0.897. The summed E-state index contributed by atoms with van der Waals surface area (Å²) in [6.45, 7) is 0. The first-order valence-electron chi connectivity index (χ1n) is 6.30. The Balaban J connectivity index is 1.79. The van der Waals surface area contributed by atoms with Crippen LogP contribution >= 0.6 is 46.0 Å². The van der Waals surface area contributed by atoms with E-state index in [2.05, 4.69) is 32.6 Å². The van der Waals surface area contributed by atoms with E-state index < -0.39 is 0 Å². The fourth-order valence-corrected chi connectivity index (χ4v) is 3.70. The SMILES string of the molecule is O=c1[nH]c(CSc2cccc(Cl)c2)nc(C2CC2)c1I. The van der Waals surface area contributed by atoms with Crippen molar-refractivity contribution in [3.8, 4) is 0 Å². The van der Waals surface area contributed by atoms with Crippen molar-refractivity contribution in [1.82, 2.24) is 9.97 Å². The van der Waals surface area contributed by atoms with Gasteiger partial charge in [-0.25, -0.2) is 4.98 Å². The van der Waals surface area contributed by atoms with E-state index >= 15 is 0 Å². The standard InChI is InChI=1S/C14H12ClIN2OS/c15-9-2-1-3-10(6-9)20-7-11-17-13(8-4-5-8)12(16)14(19)18-11/h1-3,6,8H,4-5,7H2,(H,17,18,19). The molecule has 1 aliphatic rings. The Morgan fingerprint density at radius 1 is 1.45 bits per heavy atom. The van der Waals surface area contributed by atoms with Gasteiger partial charge in [0.15, 0.2) is 0 Å². The van der Waals surface area contributed by atoms with Gasteiger partial charge >= 0.3 is 0 Å². The van der Waals surface area contributed by atoms with Crippen LogP contribution in [0.2, 0.25) is 5.02 Å². The molecule has 0 amide bonds. The number of nitrogens with zero attached hydrogens (tertiary/aromatic N) is 1. The number of rotatable bonds is 4. The highest BCUT2D eigenvalue weighted by atomic mass is 127. The van der Waals surface area contributed by atoms with Gasteiger partial charge in [0.25, 0.3) is 5.56 Å². The molecule has 0 atom stereocenters. The molecule has 0 aliphatic heterocycles. The second-order valence-corrected chi connectivity index (χ2v) is 7.30. The summed E-state index contributed by atoms with van der Waals surface area (Å²) in [5, 5.41) is 0.720. The molecule has 2 aromatic rings. The molecule has 20 heavy (non-hydrogen) atoms. The molecule has 1 N–H and O–H groups in total. The van der Waals surface area contributed by atoms with Gasteiger partial charge in [-0.3, -0.25) is 4.79 Å². The summed E-state index contributed by atoms with van der Waals surface area (Å²) in [7, 11) is 0. The van der Waals surface area contributed by atoms with Crippen molar-refractivity contribution < 1.29 is 0 Å². The van der Waals surface area contributed by atoms with Crippen LogP contribution in [-0.2, 0) is 5.75 Å². The molecule has 0 saturated heterocycles. The Morgan fingerprint density at radius 3 is 2.95 bits per heavy atom. The van der Waals surface area contributed by atoms with Gasteiger partial charge in [0.05, 0.1) is 15.0 Å². The average molecular weight is 419 g/mol. The summed E-state index contributed by atoms with van der Waals surface area (Å²) in [5.41, 5.74) is 0.945. The van der Waals surface area contributed by atoms with E-state index in [-0.39, 0.29) is 5.56 Å². The van der Waals surface area contributed by atoms with E-state index in [0.717, 1.165) is 37.8 Å².